The zero-order valence-corrected chi connectivity index (χ0v) is 9.23. The molecule has 0 aromatic rings. The van der Waals surface area contributed by atoms with Crippen LogP contribution in [0.1, 0.15) is 19.8 Å². The molecule has 2 N–H and O–H groups in total. The average molecular weight is 217 g/mol. The van der Waals surface area contributed by atoms with Gasteiger partial charge in [-0.15, -0.1) is 0 Å². The van der Waals surface area contributed by atoms with E-state index in [9.17, 15) is 4.79 Å². The minimum atomic E-state index is -0.0604. The van der Waals surface area contributed by atoms with Crippen LogP contribution in [0.4, 0.5) is 0 Å². The Morgan fingerprint density at radius 2 is 2.43 bits per heavy atom. The molecule has 1 heterocycles. The van der Waals surface area contributed by atoms with Gasteiger partial charge in [0.05, 0.1) is 12.6 Å². The zero-order chi connectivity index (χ0) is 10.6. The van der Waals surface area contributed by atoms with Gasteiger partial charge in [0.15, 0.2) is 0 Å². The van der Waals surface area contributed by atoms with Crippen molar-refractivity contribution in [1.82, 2.24) is 10.6 Å². The van der Waals surface area contributed by atoms with E-state index in [1.165, 1.54) is 0 Å². The molecule has 1 rings (SSSR count). The Bertz CT molecular complexity index is 230. The molecule has 0 saturated carbocycles. The van der Waals surface area contributed by atoms with E-state index >= 15 is 0 Å². The lowest BCUT2D eigenvalue weighted by Gasteiger charge is -2.27. The summed E-state index contributed by atoms with van der Waals surface area (Å²) in [5.41, 5.74) is 0. The Morgan fingerprint density at radius 3 is 3.00 bits per heavy atom. The Balaban J connectivity index is 2.32. The highest BCUT2D eigenvalue weighted by molar-refractivity contribution is 6.29. The maximum Gasteiger partial charge on any atom is 0.237 e. The summed E-state index contributed by atoms with van der Waals surface area (Å²) in [6.07, 6.45) is 2.05. The molecule has 1 aliphatic heterocycles. The van der Waals surface area contributed by atoms with Crippen LogP contribution in [0.15, 0.2) is 11.6 Å². The quantitative estimate of drug-likeness (QED) is 0.746. The first-order valence-electron chi connectivity index (χ1n) is 4.94. The molecule has 0 aliphatic carbocycles. The minimum Gasteiger partial charge on any atom is -0.350 e. The molecule has 0 radical (unpaired) electrons. The summed E-state index contributed by atoms with van der Waals surface area (Å²) in [4.78, 5) is 11.6. The van der Waals surface area contributed by atoms with Crippen LogP contribution >= 0.6 is 11.6 Å². The highest BCUT2D eigenvalue weighted by Gasteiger charge is 2.23. The summed E-state index contributed by atoms with van der Waals surface area (Å²) in [6, 6.07) is -0.0604. The van der Waals surface area contributed by atoms with E-state index in [0.717, 1.165) is 19.4 Å². The maximum atomic E-state index is 11.6. The molecule has 0 aromatic carbocycles. The normalized spacial score (nSPS) is 27.0. The van der Waals surface area contributed by atoms with Crippen molar-refractivity contribution in [2.24, 2.45) is 5.92 Å². The summed E-state index contributed by atoms with van der Waals surface area (Å²) in [5, 5.41) is 6.39. The number of rotatable bonds is 3. The smallest absolute Gasteiger partial charge is 0.237 e. The Kier molecular flexibility index (Phi) is 4.42. The summed E-state index contributed by atoms with van der Waals surface area (Å²) in [7, 11) is 0. The fourth-order valence-corrected chi connectivity index (χ4v) is 1.68. The van der Waals surface area contributed by atoms with E-state index < -0.39 is 0 Å². The van der Waals surface area contributed by atoms with Crippen molar-refractivity contribution in [2.45, 2.75) is 25.8 Å². The number of carbonyl (C=O) groups excluding carboxylic acids is 1. The average Bonchev–Trinajstić information content (AvgIpc) is 2.14. The zero-order valence-electron chi connectivity index (χ0n) is 8.48. The van der Waals surface area contributed by atoms with Crippen molar-refractivity contribution in [3.8, 4) is 0 Å². The molecule has 3 nitrogen and oxygen atoms in total. The third-order valence-corrected chi connectivity index (χ3v) is 2.57. The van der Waals surface area contributed by atoms with Crippen molar-refractivity contribution in [3.63, 3.8) is 0 Å². The van der Waals surface area contributed by atoms with Crippen LogP contribution in [-0.2, 0) is 4.79 Å². The first-order valence-corrected chi connectivity index (χ1v) is 5.31. The van der Waals surface area contributed by atoms with Crippen LogP contribution in [0.2, 0.25) is 0 Å². The molecule has 1 saturated heterocycles. The number of hydrogen-bond acceptors (Lipinski definition) is 2. The predicted molar refractivity (Wildman–Crippen MR) is 58.2 cm³/mol. The first-order chi connectivity index (χ1) is 6.59. The van der Waals surface area contributed by atoms with Gasteiger partial charge in [-0.2, -0.15) is 0 Å². The lowest BCUT2D eigenvalue weighted by Crippen LogP contribution is -2.48. The van der Waals surface area contributed by atoms with Gasteiger partial charge >= 0.3 is 0 Å². The van der Waals surface area contributed by atoms with E-state index in [1.54, 1.807) is 0 Å². The van der Waals surface area contributed by atoms with E-state index in [0.29, 0.717) is 17.5 Å². The molecule has 0 aromatic heterocycles. The topological polar surface area (TPSA) is 41.1 Å². The molecular weight excluding hydrogens is 200 g/mol. The molecule has 1 amide bonds. The number of carbonyl (C=O) groups is 1. The Hall–Kier alpha value is -0.540. The van der Waals surface area contributed by atoms with Gasteiger partial charge in [-0.05, 0) is 25.3 Å². The van der Waals surface area contributed by atoms with Gasteiger partial charge in [-0.3, -0.25) is 4.79 Å². The fraction of sp³-hybridized carbons (Fsp3) is 0.700. The van der Waals surface area contributed by atoms with E-state index in [-0.39, 0.29) is 11.9 Å². The van der Waals surface area contributed by atoms with Gasteiger partial charge < -0.3 is 10.6 Å². The Morgan fingerprint density at radius 1 is 1.71 bits per heavy atom. The highest BCUT2D eigenvalue weighted by atomic mass is 35.5. The Labute approximate surface area is 89.9 Å². The molecule has 14 heavy (non-hydrogen) atoms. The molecule has 80 valence electrons. The van der Waals surface area contributed by atoms with Crippen molar-refractivity contribution in [3.05, 3.63) is 11.6 Å². The van der Waals surface area contributed by atoms with Gasteiger partial charge in [-0.1, -0.05) is 25.1 Å². The molecule has 1 aliphatic rings. The summed E-state index contributed by atoms with van der Waals surface area (Å²) in [5.74, 6) is 0.643. The number of nitrogens with one attached hydrogen (secondary N) is 2. The second-order valence-electron chi connectivity index (χ2n) is 3.87. The van der Waals surface area contributed by atoms with Crippen molar-refractivity contribution < 1.29 is 4.79 Å². The standard InChI is InChI=1S/C10H17ClN2O/c1-7-3-4-12-9(5-7)10(14)13-6-8(2)11/h7,9,12H,2-6H2,1H3,(H,13,14). The number of hydrogen-bond donors (Lipinski definition) is 2. The van der Waals surface area contributed by atoms with Crippen molar-refractivity contribution in [2.75, 3.05) is 13.1 Å². The summed E-state index contributed by atoms with van der Waals surface area (Å²) in [6.45, 7) is 6.96. The molecule has 4 heteroatoms. The lowest BCUT2D eigenvalue weighted by atomic mass is 9.94. The molecule has 0 spiro atoms. The summed E-state index contributed by atoms with van der Waals surface area (Å²) >= 11 is 5.56. The van der Waals surface area contributed by atoms with Crippen LogP contribution in [0, 0.1) is 5.92 Å². The van der Waals surface area contributed by atoms with E-state index in [4.69, 9.17) is 11.6 Å². The van der Waals surface area contributed by atoms with Crippen molar-refractivity contribution in [1.29, 1.82) is 0 Å². The van der Waals surface area contributed by atoms with Crippen LogP contribution in [0.3, 0.4) is 0 Å². The van der Waals surface area contributed by atoms with Crippen LogP contribution in [0.25, 0.3) is 0 Å². The molecular formula is C10H17ClN2O. The molecule has 1 fully saturated rings. The fourth-order valence-electron chi connectivity index (χ4n) is 1.61. The summed E-state index contributed by atoms with van der Waals surface area (Å²) < 4.78 is 0. The third kappa shape index (κ3) is 3.68. The predicted octanol–water partition coefficient (Wildman–Crippen LogP) is 1.24. The minimum absolute atomic E-state index is 0.0263. The third-order valence-electron chi connectivity index (χ3n) is 2.44. The van der Waals surface area contributed by atoms with Gasteiger partial charge in [-0.25, -0.2) is 0 Å². The number of amides is 1. The van der Waals surface area contributed by atoms with Gasteiger partial charge in [0.25, 0.3) is 0 Å². The van der Waals surface area contributed by atoms with Gasteiger partial charge in [0.1, 0.15) is 0 Å². The largest absolute Gasteiger partial charge is 0.350 e. The van der Waals surface area contributed by atoms with Gasteiger partial charge in [0, 0.05) is 5.03 Å². The lowest BCUT2D eigenvalue weighted by molar-refractivity contribution is -0.123. The first kappa shape index (κ1) is 11.5. The highest BCUT2D eigenvalue weighted by Crippen LogP contribution is 2.14. The molecule has 0 bridgehead atoms. The second kappa shape index (κ2) is 5.37. The van der Waals surface area contributed by atoms with Crippen LogP contribution < -0.4 is 10.6 Å². The van der Waals surface area contributed by atoms with E-state index in [2.05, 4.69) is 24.1 Å². The number of piperidine rings is 1. The van der Waals surface area contributed by atoms with Gasteiger partial charge in [0.2, 0.25) is 5.91 Å². The SMILES string of the molecule is C=C(Cl)CNC(=O)C1CC(C)CCN1. The molecule has 2 atom stereocenters. The van der Waals surface area contributed by atoms with Crippen LogP contribution in [0.5, 0.6) is 0 Å². The molecule has 2 unspecified atom stereocenters. The maximum absolute atomic E-state index is 11.6. The monoisotopic (exact) mass is 216 g/mol. The van der Waals surface area contributed by atoms with Crippen molar-refractivity contribution >= 4 is 17.5 Å². The van der Waals surface area contributed by atoms with E-state index in [1.807, 2.05) is 0 Å². The van der Waals surface area contributed by atoms with Crippen LogP contribution in [-0.4, -0.2) is 25.0 Å². The number of halogens is 1. The second-order valence-corrected chi connectivity index (χ2v) is 4.41.